The van der Waals surface area contributed by atoms with Gasteiger partial charge >= 0.3 is 0 Å². The molecule has 8 nitrogen and oxygen atoms in total. The van der Waals surface area contributed by atoms with Crippen LogP contribution in [0.2, 0.25) is 0 Å². The van der Waals surface area contributed by atoms with Crippen molar-refractivity contribution >= 4 is 39.7 Å². The predicted molar refractivity (Wildman–Crippen MR) is 84.7 cm³/mol. The van der Waals surface area contributed by atoms with E-state index in [1.807, 2.05) is 24.3 Å². The average molecular weight is 333 g/mol. The molecule has 0 saturated heterocycles. The Hall–Kier alpha value is -1.46. The zero-order valence-corrected chi connectivity index (χ0v) is 12.2. The number of halogens is 1. The Morgan fingerprint density at radius 1 is 1.15 bits per heavy atom. The summed E-state index contributed by atoms with van der Waals surface area (Å²) in [6.45, 7) is 0. The minimum absolute atomic E-state index is 0. The molecule has 0 bridgehead atoms. The van der Waals surface area contributed by atoms with Gasteiger partial charge in [-0.3, -0.25) is 5.41 Å². The zero-order chi connectivity index (χ0) is 10.1. The summed E-state index contributed by atoms with van der Waals surface area (Å²) in [5.74, 6) is 0.930. The van der Waals surface area contributed by atoms with E-state index in [9.17, 15) is 0 Å². The van der Waals surface area contributed by atoms with Gasteiger partial charge in [0.05, 0.1) is 12.0 Å². The highest BCUT2D eigenvalue weighted by Crippen LogP contribution is 2.32. The van der Waals surface area contributed by atoms with Crippen molar-refractivity contribution in [3.8, 4) is 5.75 Å². The standard InChI is InChI=1S/C10H10N2OS.ClH.5H2O/c1-13-7-3-2-4-8-6(7)5-9(14-8)10(11)12;;;;;;/h2-5H,1H3,(H3,11,12);1H;5*1H2. The Labute approximate surface area is 125 Å². The Balaban J connectivity index is -0.000000125. The Morgan fingerprint density at radius 3 is 2.15 bits per heavy atom. The predicted octanol–water partition coefficient (Wildman–Crippen LogP) is -1.51. The largest absolute Gasteiger partial charge is 0.496 e. The summed E-state index contributed by atoms with van der Waals surface area (Å²) < 4.78 is 6.31. The van der Waals surface area contributed by atoms with Crippen LogP contribution in [0.25, 0.3) is 10.1 Å². The third-order valence-corrected chi connectivity index (χ3v) is 3.14. The summed E-state index contributed by atoms with van der Waals surface area (Å²) in [6.07, 6.45) is 0. The van der Waals surface area contributed by atoms with E-state index in [2.05, 4.69) is 0 Å². The summed E-state index contributed by atoms with van der Waals surface area (Å²) in [7, 11) is 1.64. The van der Waals surface area contributed by atoms with Crippen LogP contribution in [0.15, 0.2) is 24.3 Å². The normalized spacial score (nSPS) is 7.25. The summed E-state index contributed by atoms with van der Waals surface area (Å²) in [4.78, 5) is 0.782. The number of hydrogen-bond donors (Lipinski definition) is 2. The van der Waals surface area contributed by atoms with Crippen molar-refractivity contribution < 1.29 is 32.1 Å². The first-order valence-corrected chi connectivity index (χ1v) is 4.95. The van der Waals surface area contributed by atoms with Crippen LogP contribution in [0.5, 0.6) is 5.75 Å². The number of fused-ring (bicyclic) bond motifs is 1. The van der Waals surface area contributed by atoms with E-state index in [4.69, 9.17) is 15.9 Å². The molecule has 0 aliphatic heterocycles. The summed E-state index contributed by atoms with van der Waals surface area (Å²) in [5, 5.41) is 8.36. The number of nitrogens with one attached hydrogen (secondary N) is 1. The van der Waals surface area contributed by atoms with Crippen LogP contribution in [0.1, 0.15) is 4.88 Å². The highest BCUT2D eigenvalue weighted by molar-refractivity contribution is 7.20. The van der Waals surface area contributed by atoms with Crippen molar-refractivity contribution in [2.45, 2.75) is 0 Å². The Kier molecular flexibility index (Phi) is 19.6. The van der Waals surface area contributed by atoms with Crippen molar-refractivity contribution in [3.05, 3.63) is 29.1 Å². The molecule has 0 spiro atoms. The minimum Gasteiger partial charge on any atom is -0.496 e. The monoisotopic (exact) mass is 332 g/mol. The number of hydrogen-bond acceptors (Lipinski definition) is 3. The lowest BCUT2D eigenvalue weighted by atomic mass is 10.2. The van der Waals surface area contributed by atoms with Crippen molar-refractivity contribution in [2.75, 3.05) is 7.11 Å². The van der Waals surface area contributed by atoms with Crippen LogP contribution >= 0.6 is 23.7 Å². The summed E-state index contributed by atoms with van der Waals surface area (Å²) in [6, 6.07) is 7.72. The maximum absolute atomic E-state index is 7.34. The molecular formula is C10H21ClN2O6S. The van der Waals surface area contributed by atoms with Crippen LogP contribution in [-0.2, 0) is 0 Å². The molecule has 0 fully saturated rings. The van der Waals surface area contributed by atoms with Gasteiger partial charge in [-0.2, -0.15) is 0 Å². The lowest BCUT2D eigenvalue weighted by molar-refractivity contribution is 0.420. The van der Waals surface area contributed by atoms with Gasteiger partial charge in [0.25, 0.3) is 0 Å². The number of benzene rings is 1. The topological polar surface area (TPSA) is 217 Å². The lowest BCUT2D eigenvalue weighted by Crippen LogP contribution is -2.08. The zero-order valence-electron chi connectivity index (χ0n) is 10.6. The number of ether oxygens (including phenoxy) is 1. The van der Waals surface area contributed by atoms with Gasteiger partial charge in [0.15, 0.2) is 0 Å². The van der Waals surface area contributed by atoms with Gasteiger partial charge in [0.1, 0.15) is 11.6 Å². The molecule has 1 heterocycles. The first-order chi connectivity index (χ1) is 6.72. The van der Waals surface area contributed by atoms with Crippen LogP contribution in [0, 0.1) is 5.41 Å². The molecule has 0 aliphatic rings. The van der Waals surface area contributed by atoms with Crippen molar-refractivity contribution in [3.63, 3.8) is 0 Å². The van der Waals surface area contributed by atoms with Gasteiger partial charge in [0.2, 0.25) is 0 Å². The fraction of sp³-hybridized carbons (Fsp3) is 0.100. The van der Waals surface area contributed by atoms with E-state index < -0.39 is 0 Å². The number of nitrogen functional groups attached to an aromatic ring is 1. The van der Waals surface area contributed by atoms with E-state index in [0.29, 0.717) is 0 Å². The highest BCUT2D eigenvalue weighted by atomic mass is 35.5. The molecular weight excluding hydrogens is 312 g/mol. The molecule has 10 heteroatoms. The summed E-state index contributed by atoms with van der Waals surface area (Å²) >= 11 is 1.51. The van der Waals surface area contributed by atoms with Gasteiger partial charge in [0, 0.05) is 10.1 Å². The smallest absolute Gasteiger partial charge is 0.133 e. The Bertz CT molecular complexity index is 507. The maximum Gasteiger partial charge on any atom is 0.133 e. The molecule has 0 amide bonds. The molecule has 2 aromatic rings. The molecule has 120 valence electrons. The fourth-order valence-corrected chi connectivity index (χ4v) is 2.28. The molecule has 0 saturated carbocycles. The second-order valence-corrected chi connectivity index (χ2v) is 3.98. The molecule has 13 N–H and O–H groups in total. The quantitative estimate of drug-likeness (QED) is 0.495. The molecule has 1 aromatic carbocycles. The number of thiophene rings is 1. The van der Waals surface area contributed by atoms with E-state index >= 15 is 0 Å². The van der Waals surface area contributed by atoms with Crippen LogP contribution in [0.3, 0.4) is 0 Å². The molecule has 20 heavy (non-hydrogen) atoms. The second-order valence-electron chi connectivity index (χ2n) is 2.90. The van der Waals surface area contributed by atoms with Gasteiger partial charge in [-0.15, -0.1) is 23.7 Å². The molecule has 0 unspecified atom stereocenters. The van der Waals surface area contributed by atoms with Gasteiger partial charge in [-0.1, -0.05) is 6.07 Å². The molecule has 0 radical (unpaired) electrons. The van der Waals surface area contributed by atoms with E-state index in [1.165, 1.54) is 11.3 Å². The van der Waals surface area contributed by atoms with E-state index in [-0.39, 0.29) is 45.6 Å². The van der Waals surface area contributed by atoms with Crippen LogP contribution in [0.4, 0.5) is 0 Å². The van der Waals surface area contributed by atoms with Gasteiger partial charge in [-0.05, 0) is 18.2 Å². The van der Waals surface area contributed by atoms with E-state index in [0.717, 1.165) is 20.7 Å². The average Bonchev–Trinajstić information content (AvgIpc) is 2.60. The number of methoxy groups -OCH3 is 1. The van der Waals surface area contributed by atoms with Gasteiger partial charge < -0.3 is 37.9 Å². The SMILES string of the molecule is COc1cccc2sc(C(=N)N)cc12.Cl.O.O.O.O.O. The second kappa shape index (κ2) is 12.6. The Morgan fingerprint density at radius 2 is 1.70 bits per heavy atom. The molecule has 2 rings (SSSR count). The maximum atomic E-state index is 7.34. The van der Waals surface area contributed by atoms with Crippen LogP contribution < -0.4 is 10.5 Å². The number of rotatable bonds is 2. The van der Waals surface area contributed by atoms with Crippen LogP contribution in [-0.4, -0.2) is 40.3 Å². The minimum atomic E-state index is 0. The number of amidine groups is 1. The lowest BCUT2D eigenvalue weighted by Gasteiger charge is -1.99. The third-order valence-electron chi connectivity index (χ3n) is 2.01. The first-order valence-electron chi connectivity index (χ1n) is 4.13. The highest BCUT2D eigenvalue weighted by Gasteiger charge is 2.07. The summed E-state index contributed by atoms with van der Waals surface area (Å²) in [5.41, 5.74) is 5.42. The van der Waals surface area contributed by atoms with Crippen molar-refractivity contribution in [1.29, 1.82) is 5.41 Å². The fourth-order valence-electron chi connectivity index (χ4n) is 1.34. The van der Waals surface area contributed by atoms with Gasteiger partial charge in [-0.25, -0.2) is 0 Å². The third kappa shape index (κ3) is 5.67. The molecule has 1 aromatic heterocycles. The van der Waals surface area contributed by atoms with Crippen molar-refractivity contribution in [2.24, 2.45) is 5.73 Å². The molecule has 0 aliphatic carbocycles. The van der Waals surface area contributed by atoms with Crippen molar-refractivity contribution in [1.82, 2.24) is 0 Å². The first kappa shape index (κ1) is 31.1. The van der Waals surface area contributed by atoms with E-state index in [1.54, 1.807) is 7.11 Å². The number of nitrogens with two attached hydrogens (primary N) is 1. The molecule has 0 atom stereocenters.